The van der Waals surface area contributed by atoms with Gasteiger partial charge >= 0.3 is 12.4 Å². The Morgan fingerprint density at radius 3 is 1.53 bits per heavy atom. The Morgan fingerprint density at radius 1 is 0.824 bits per heavy atom. The molecule has 96 valence electrons. The predicted molar refractivity (Wildman–Crippen MR) is 49.3 cm³/mol. The molecule has 1 nitrogen and oxygen atoms in total. The molecule has 0 saturated carbocycles. The fourth-order valence-electron chi connectivity index (χ4n) is 1.56. The topological polar surface area (TPSA) is 26.0 Å². The SMILES string of the molecule is NCC(c1ccccc1)(C(F)(F)F)C(F)(F)F. The molecule has 0 heterocycles. The van der Waals surface area contributed by atoms with Gasteiger partial charge in [0.15, 0.2) is 5.41 Å². The Labute approximate surface area is 93.2 Å². The lowest BCUT2D eigenvalue weighted by molar-refractivity contribution is -0.299. The van der Waals surface area contributed by atoms with Gasteiger partial charge in [-0.1, -0.05) is 30.3 Å². The molecule has 0 atom stereocenters. The maximum Gasteiger partial charge on any atom is 0.408 e. The van der Waals surface area contributed by atoms with Gasteiger partial charge in [0.2, 0.25) is 0 Å². The van der Waals surface area contributed by atoms with Crippen molar-refractivity contribution in [3.63, 3.8) is 0 Å². The molecular formula is C10H9F6N. The molecule has 7 heteroatoms. The van der Waals surface area contributed by atoms with Gasteiger partial charge in [-0.15, -0.1) is 0 Å². The third-order valence-electron chi connectivity index (χ3n) is 2.54. The smallest absolute Gasteiger partial charge is 0.329 e. The summed E-state index contributed by atoms with van der Waals surface area (Å²) in [6.07, 6.45) is -11.0. The van der Waals surface area contributed by atoms with Gasteiger partial charge < -0.3 is 5.73 Å². The number of hydrogen-bond acceptors (Lipinski definition) is 1. The zero-order valence-electron chi connectivity index (χ0n) is 8.44. The van der Waals surface area contributed by atoms with Crippen molar-refractivity contribution in [2.45, 2.75) is 17.8 Å². The van der Waals surface area contributed by atoms with Crippen molar-refractivity contribution in [2.24, 2.45) is 5.73 Å². The average molecular weight is 257 g/mol. The molecule has 17 heavy (non-hydrogen) atoms. The van der Waals surface area contributed by atoms with Crippen molar-refractivity contribution in [1.82, 2.24) is 0 Å². The molecule has 2 N–H and O–H groups in total. The highest BCUT2D eigenvalue weighted by molar-refractivity contribution is 5.30. The number of benzene rings is 1. The third-order valence-corrected chi connectivity index (χ3v) is 2.54. The molecule has 0 aliphatic carbocycles. The Morgan fingerprint density at radius 2 is 1.24 bits per heavy atom. The summed E-state index contributed by atoms with van der Waals surface area (Å²) < 4.78 is 76.5. The fraction of sp³-hybridized carbons (Fsp3) is 0.400. The van der Waals surface area contributed by atoms with E-state index < -0.39 is 29.9 Å². The molecule has 1 aromatic rings. The van der Waals surface area contributed by atoms with Crippen LogP contribution < -0.4 is 5.73 Å². The Balaban J connectivity index is 3.49. The van der Waals surface area contributed by atoms with E-state index in [0.717, 1.165) is 24.3 Å². The first-order chi connectivity index (χ1) is 7.67. The van der Waals surface area contributed by atoms with Gasteiger partial charge in [-0.3, -0.25) is 0 Å². The van der Waals surface area contributed by atoms with Crippen LogP contribution in [0.4, 0.5) is 26.3 Å². The van der Waals surface area contributed by atoms with E-state index in [0.29, 0.717) is 0 Å². The molecule has 0 amide bonds. The summed E-state index contributed by atoms with van der Waals surface area (Å²) >= 11 is 0. The second-order valence-corrected chi connectivity index (χ2v) is 3.47. The Hall–Kier alpha value is -1.24. The maximum atomic E-state index is 12.8. The Bertz CT molecular complexity index is 353. The second-order valence-electron chi connectivity index (χ2n) is 3.47. The summed E-state index contributed by atoms with van der Waals surface area (Å²) in [4.78, 5) is 0. The van der Waals surface area contributed by atoms with Gasteiger partial charge in [0.05, 0.1) is 0 Å². The number of alkyl halides is 6. The first-order valence-electron chi connectivity index (χ1n) is 4.56. The average Bonchev–Trinajstić information content (AvgIpc) is 2.16. The van der Waals surface area contributed by atoms with Crippen molar-refractivity contribution >= 4 is 0 Å². The summed E-state index contributed by atoms with van der Waals surface area (Å²) in [5, 5.41) is 0. The molecule has 0 aliphatic heterocycles. The minimum Gasteiger partial charge on any atom is -0.329 e. The molecular weight excluding hydrogens is 248 g/mol. The lowest BCUT2D eigenvalue weighted by atomic mass is 9.79. The van der Waals surface area contributed by atoms with E-state index >= 15 is 0 Å². The summed E-state index contributed by atoms with van der Waals surface area (Å²) in [7, 11) is 0. The standard InChI is InChI=1S/C10H9F6N/c11-9(12,13)8(6-17,10(14,15)16)7-4-2-1-3-5-7/h1-5H,6,17H2. The van der Waals surface area contributed by atoms with Crippen LogP contribution in [0.25, 0.3) is 0 Å². The Kier molecular flexibility index (Phi) is 3.42. The van der Waals surface area contributed by atoms with Crippen molar-refractivity contribution in [3.8, 4) is 0 Å². The predicted octanol–water partition coefficient (Wildman–Crippen LogP) is 3.01. The lowest BCUT2D eigenvalue weighted by Crippen LogP contribution is -2.58. The second kappa shape index (κ2) is 4.21. The van der Waals surface area contributed by atoms with Crippen molar-refractivity contribution < 1.29 is 26.3 Å². The summed E-state index contributed by atoms with van der Waals surface area (Å²) in [6.45, 7) is -1.58. The minimum absolute atomic E-state index is 0.772. The first kappa shape index (κ1) is 13.8. The highest BCUT2D eigenvalue weighted by atomic mass is 19.4. The van der Waals surface area contributed by atoms with Crippen LogP contribution >= 0.6 is 0 Å². The fourth-order valence-corrected chi connectivity index (χ4v) is 1.56. The summed E-state index contributed by atoms with van der Waals surface area (Å²) in [5.41, 5.74) is -0.141. The zero-order chi connectivity index (χ0) is 13.3. The number of halogens is 6. The van der Waals surface area contributed by atoms with Crippen LogP contribution in [0.5, 0.6) is 0 Å². The highest BCUT2D eigenvalue weighted by Gasteiger charge is 2.70. The number of rotatable bonds is 2. The molecule has 0 radical (unpaired) electrons. The van der Waals surface area contributed by atoms with Gasteiger partial charge in [0.25, 0.3) is 0 Å². The maximum absolute atomic E-state index is 12.8. The molecule has 0 aliphatic rings. The highest BCUT2D eigenvalue weighted by Crippen LogP contribution is 2.51. The number of nitrogens with two attached hydrogens (primary N) is 1. The lowest BCUT2D eigenvalue weighted by Gasteiger charge is -2.36. The van der Waals surface area contributed by atoms with E-state index in [9.17, 15) is 26.3 Å². The van der Waals surface area contributed by atoms with Crippen LogP contribution in [0, 0.1) is 0 Å². The molecule has 0 aromatic heterocycles. The molecule has 1 aromatic carbocycles. The van der Waals surface area contributed by atoms with E-state index in [4.69, 9.17) is 5.73 Å². The summed E-state index contributed by atoms with van der Waals surface area (Å²) in [5.74, 6) is 0. The first-order valence-corrected chi connectivity index (χ1v) is 4.56. The van der Waals surface area contributed by atoms with Crippen molar-refractivity contribution in [2.75, 3.05) is 6.54 Å². The molecule has 0 saturated heterocycles. The normalized spacial score (nSPS) is 13.8. The third kappa shape index (κ3) is 2.11. The largest absolute Gasteiger partial charge is 0.408 e. The van der Waals surface area contributed by atoms with Gasteiger partial charge in [0.1, 0.15) is 0 Å². The van der Waals surface area contributed by atoms with E-state index in [1.165, 1.54) is 6.07 Å². The van der Waals surface area contributed by atoms with Gasteiger partial charge in [-0.25, -0.2) is 0 Å². The van der Waals surface area contributed by atoms with E-state index in [2.05, 4.69) is 0 Å². The van der Waals surface area contributed by atoms with Crippen LogP contribution in [0.1, 0.15) is 5.56 Å². The van der Waals surface area contributed by atoms with E-state index in [-0.39, 0.29) is 0 Å². The van der Waals surface area contributed by atoms with Crippen LogP contribution in [0.2, 0.25) is 0 Å². The summed E-state index contributed by atoms with van der Waals surface area (Å²) in [6, 6.07) is 5.09. The quantitative estimate of drug-likeness (QED) is 0.810. The van der Waals surface area contributed by atoms with Crippen LogP contribution in [-0.2, 0) is 5.41 Å². The molecule has 0 fully saturated rings. The van der Waals surface area contributed by atoms with Crippen molar-refractivity contribution in [1.29, 1.82) is 0 Å². The van der Waals surface area contributed by atoms with E-state index in [1.54, 1.807) is 0 Å². The molecule has 0 spiro atoms. The van der Waals surface area contributed by atoms with Gasteiger partial charge in [-0.05, 0) is 5.56 Å². The minimum atomic E-state index is -5.50. The van der Waals surface area contributed by atoms with Crippen LogP contribution in [0.3, 0.4) is 0 Å². The number of hydrogen-bond donors (Lipinski definition) is 1. The molecule has 0 unspecified atom stereocenters. The van der Waals surface area contributed by atoms with Gasteiger partial charge in [-0.2, -0.15) is 26.3 Å². The van der Waals surface area contributed by atoms with Crippen molar-refractivity contribution in [3.05, 3.63) is 35.9 Å². The van der Waals surface area contributed by atoms with Crippen LogP contribution in [0.15, 0.2) is 30.3 Å². The van der Waals surface area contributed by atoms with E-state index in [1.807, 2.05) is 0 Å². The zero-order valence-corrected chi connectivity index (χ0v) is 8.44. The molecule has 1 rings (SSSR count). The van der Waals surface area contributed by atoms with Crippen LogP contribution in [-0.4, -0.2) is 18.9 Å². The molecule has 0 bridgehead atoms. The monoisotopic (exact) mass is 257 g/mol. The van der Waals surface area contributed by atoms with Gasteiger partial charge in [0, 0.05) is 6.54 Å².